The first kappa shape index (κ1) is 13.8. The standard InChI is InChI=1S/C13H22ClN3O/c1-4-10-12(14)11(17(3)16-10)8-15-13(2)6-5-7-18-9-13/h15H,4-9H2,1-3H3. The lowest BCUT2D eigenvalue weighted by molar-refractivity contribution is 0.0275. The summed E-state index contributed by atoms with van der Waals surface area (Å²) in [7, 11) is 1.95. The van der Waals surface area contributed by atoms with Crippen LogP contribution in [0.15, 0.2) is 0 Å². The van der Waals surface area contributed by atoms with Crippen LogP contribution in [0.4, 0.5) is 0 Å². The van der Waals surface area contributed by atoms with Crippen molar-refractivity contribution in [2.75, 3.05) is 13.2 Å². The highest BCUT2D eigenvalue weighted by atomic mass is 35.5. The predicted octanol–water partition coefficient (Wildman–Crippen LogP) is 2.29. The summed E-state index contributed by atoms with van der Waals surface area (Å²) in [5.41, 5.74) is 2.08. The van der Waals surface area contributed by atoms with E-state index < -0.39 is 0 Å². The summed E-state index contributed by atoms with van der Waals surface area (Å²) < 4.78 is 7.42. The molecule has 1 aliphatic heterocycles. The Morgan fingerprint density at radius 1 is 1.56 bits per heavy atom. The van der Waals surface area contributed by atoms with Gasteiger partial charge in [0.1, 0.15) is 0 Å². The van der Waals surface area contributed by atoms with E-state index >= 15 is 0 Å². The molecule has 1 atom stereocenters. The second-order valence-electron chi connectivity index (χ2n) is 5.25. The second kappa shape index (κ2) is 5.59. The summed E-state index contributed by atoms with van der Waals surface area (Å²) >= 11 is 6.34. The summed E-state index contributed by atoms with van der Waals surface area (Å²) in [5.74, 6) is 0. The Hall–Kier alpha value is -0.580. The maximum Gasteiger partial charge on any atom is 0.0863 e. The Labute approximate surface area is 114 Å². The first-order chi connectivity index (χ1) is 8.56. The summed E-state index contributed by atoms with van der Waals surface area (Å²) in [6.07, 6.45) is 3.12. The van der Waals surface area contributed by atoms with Crippen molar-refractivity contribution in [1.82, 2.24) is 15.1 Å². The van der Waals surface area contributed by atoms with E-state index in [0.717, 1.165) is 55.4 Å². The number of rotatable bonds is 4. The van der Waals surface area contributed by atoms with Gasteiger partial charge in [0, 0.05) is 25.7 Å². The molecule has 2 rings (SSSR count). The SMILES string of the molecule is CCc1nn(C)c(CNC2(C)CCCOC2)c1Cl. The third-order valence-electron chi connectivity index (χ3n) is 3.62. The molecule has 1 fully saturated rings. The van der Waals surface area contributed by atoms with Crippen molar-refractivity contribution in [2.24, 2.45) is 7.05 Å². The Balaban J connectivity index is 2.03. The molecule has 1 unspecified atom stereocenters. The lowest BCUT2D eigenvalue weighted by Gasteiger charge is -2.34. The molecular weight excluding hydrogens is 250 g/mol. The molecule has 1 aliphatic rings. The van der Waals surface area contributed by atoms with Gasteiger partial charge in [-0.1, -0.05) is 18.5 Å². The third kappa shape index (κ3) is 2.87. The van der Waals surface area contributed by atoms with Crippen molar-refractivity contribution < 1.29 is 4.74 Å². The van der Waals surface area contributed by atoms with Crippen LogP contribution in [-0.4, -0.2) is 28.5 Å². The van der Waals surface area contributed by atoms with Gasteiger partial charge < -0.3 is 10.1 Å². The average Bonchev–Trinajstić information content (AvgIpc) is 2.63. The van der Waals surface area contributed by atoms with Gasteiger partial charge in [0.05, 0.1) is 23.0 Å². The number of aromatic nitrogens is 2. The second-order valence-corrected chi connectivity index (χ2v) is 5.63. The molecule has 1 aromatic heterocycles. The van der Waals surface area contributed by atoms with Crippen molar-refractivity contribution in [3.05, 3.63) is 16.4 Å². The van der Waals surface area contributed by atoms with E-state index in [1.54, 1.807) is 0 Å². The van der Waals surface area contributed by atoms with Crippen LogP contribution in [0.2, 0.25) is 5.02 Å². The highest BCUT2D eigenvalue weighted by Crippen LogP contribution is 2.23. The van der Waals surface area contributed by atoms with Crippen LogP contribution in [0, 0.1) is 0 Å². The fourth-order valence-corrected chi connectivity index (χ4v) is 2.74. The van der Waals surface area contributed by atoms with Gasteiger partial charge in [-0.05, 0) is 26.2 Å². The quantitative estimate of drug-likeness (QED) is 0.913. The number of aryl methyl sites for hydroxylation is 2. The maximum absolute atomic E-state index is 6.34. The molecule has 5 heteroatoms. The fourth-order valence-electron chi connectivity index (χ4n) is 2.38. The molecular formula is C13H22ClN3O. The van der Waals surface area contributed by atoms with Crippen molar-refractivity contribution >= 4 is 11.6 Å². The zero-order chi connectivity index (χ0) is 13.2. The molecule has 0 radical (unpaired) electrons. The lowest BCUT2D eigenvalue weighted by Crippen LogP contribution is -2.48. The van der Waals surface area contributed by atoms with Gasteiger partial charge in [0.2, 0.25) is 0 Å². The van der Waals surface area contributed by atoms with Gasteiger partial charge in [0.25, 0.3) is 0 Å². The van der Waals surface area contributed by atoms with Crippen molar-refractivity contribution in [1.29, 1.82) is 0 Å². The zero-order valence-electron chi connectivity index (χ0n) is 11.4. The summed E-state index contributed by atoms with van der Waals surface area (Å²) in [5, 5.41) is 8.79. The van der Waals surface area contributed by atoms with Gasteiger partial charge in [-0.3, -0.25) is 4.68 Å². The van der Waals surface area contributed by atoms with Crippen LogP contribution >= 0.6 is 11.6 Å². The first-order valence-corrected chi connectivity index (χ1v) is 6.96. The highest BCUT2D eigenvalue weighted by Gasteiger charge is 2.27. The van der Waals surface area contributed by atoms with Gasteiger partial charge >= 0.3 is 0 Å². The molecule has 0 aromatic carbocycles. The average molecular weight is 272 g/mol. The number of ether oxygens (including phenoxy) is 1. The van der Waals surface area contributed by atoms with E-state index in [4.69, 9.17) is 16.3 Å². The van der Waals surface area contributed by atoms with E-state index in [2.05, 4.69) is 24.3 Å². The largest absolute Gasteiger partial charge is 0.380 e. The molecule has 1 N–H and O–H groups in total. The van der Waals surface area contributed by atoms with Gasteiger partial charge in [0.15, 0.2) is 0 Å². The van der Waals surface area contributed by atoms with Crippen molar-refractivity contribution in [3.8, 4) is 0 Å². The molecule has 102 valence electrons. The zero-order valence-corrected chi connectivity index (χ0v) is 12.2. The van der Waals surface area contributed by atoms with Crippen molar-refractivity contribution in [3.63, 3.8) is 0 Å². The molecule has 18 heavy (non-hydrogen) atoms. The Morgan fingerprint density at radius 2 is 2.33 bits per heavy atom. The van der Waals surface area contributed by atoms with E-state index in [1.807, 2.05) is 11.7 Å². The topological polar surface area (TPSA) is 39.1 Å². The van der Waals surface area contributed by atoms with Gasteiger partial charge in [-0.25, -0.2) is 0 Å². The Bertz CT molecular complexity index is 411. The summed E-state index contributed by atoms with van der Waals surface area (Å²) in [6.45, 7) is 6.66. The fraction of sp³-hybridized carbons (Fsp3) is 0.769. The minimum Gasteiger partial charge on any atom is -0.380 e. The number of halogens is 1. The summed E-state index contributed by atoms with van der Waals surface area (Å²) in [4.78, 5) is 0. The molecule has 0 aliphatic carbocycles. The molecule has 0 amide bonds. The Kier molecular flexibility index (Phi) is 4.30. The van der Waals surface area contributed by atoms with E-state index in [9.17, 15) is 0 Å². The van der Waals surface area contributed by atoms with Gasteiger partial charge in [-0.15, -0.1) is 0 Å². The molecule has 2 heterocycles. The van der Waals surface area contributed by atoms with Crippen LogP contribution in [0.25, 0.3) is 0 Å². The Morgan fingerprint density at radius 3 is 2.89 bits per heavy atom. The first-order valence-electron chi connectivity index (χ1n) is 6.59. The number of hydrogen-bond acceptors (Lipinski definition) is 3. The van der Waals surface area contributed by atoms with Crippen molar-refractivity contribution in [2.45, 2.75) is 45.2 Å². The smallest absolute Gasteiger partial charge is 0.0863 e. The minimum atomic E-state index is 0.0538. The van der Waals surface area contributed by atoms with E-state index in [1.165, 1.54) is 0 Å². The van der Waals surface area contributed by atoms with Crippen LogP contribution in [0.1, 0.15) is 38.1 Å². The molecule has 4 nitrogen and oxygen atoms in total. The third-order valence-corrected chi connectivity index (χ3v) is 4.06. The number of nitrogens with zero attached hydrogens (tertiary/aromatic N) is 2. The van der Waals surface area contributed by atoms with Crippen LogP contribution in [0.5, 0.6) is 0 Å². The monoisotopic (exact) mass is 271 g/mol. The molecule has 0 saturated carbocycles. The highest BCUT2D eigenvalue weighted by molar-refractivity contribution is 6.31. The maximum atomic E-state index is 6.34. The van der Waals surface area contributed by atoms with Crippen LogP contribution in [-0.2, 0) is 24.8 Å². The normalized spacial score (nSPS) is 24.4. The lowest BCUT2D eigenvalue weighted by atomic mass is 9.95. The van der Waals surface area contributed by atoms with E-state index in [0.29, 0.717) is 0 Å². The predicted molar refractivity (Wildman–Crippen MR) is 72.9 cm³/mol. The molecule has 0 bridgehead atoms. The van der Waals surface area contributed by atoms with Crippen LogP contribution in [0.3, 0.4) is 0 Å². The minimum absolute atomic E-state index is 0.0538. The van der Waals surface area contributed by atoms with E-state index in [-0.39, 0.29) is 5.54 Å². The molecule has 1 saturated heterocycles. The number of nitrogens with one attached hydrogen (secondary N) is 1. The van der Waals surface area contributed by atoms with Crippen LogP contribution < -0.4 is 5.32 Å². The molecule has 1 aromatic rings. The van der Waals surface area contributed by atoms with Gasteiger partial charge in [-0.2, -0.15) is 5.10 Å². The summed E-state index contributed by atoms with van der Waals surface area (Å²) in [6, 6.07) is 0. The molecule has 0 spiro atoms. The number of hydrogen-bond donors (Lipinski definition) is 1.